The van der Waals surface area contributed by atoms with Gasteiger partial charge in [-0.05, 0) is 42.4 Å². The lowest BCUT2D eigenvalue weighted by Crippen LogP contribution is -2.46. The number of halogens is 1. The van der Waals surface area contributed by atoms with Crippen LogP contribution in [0.15, 0.2) is 24.3 Å². The number of nitrogens with zero attached hydrogens (tertiary/aromatic N) is 2. The number of hydrogen-bond acceptors (Lipinski definition) is 5. The minimum atomic E-state index is -0.899. The van der Waals surface area contributed by atoms with Crippen molar-refractivity contribution in [3.63, 3.8) is 0 Å². The maximum absolute atomic E-state index is 13.8. The monoisotopic (exact) mass is 391 g/mol. The molecule has 1 heterocycles. The third-order valence-electron chi connectivity index (χ3n) is 5.10. The van der Waals surface area contributed by atoms with E-state index in [0.29, 0.717) is 12.0 Å². The summed E-state index contributed by atoms with van der Waals surface area (Å²) >= 11 is 0. The number of carbonyl (C=O) groups is 1. The largest absolute Gasteiger partial charge is 0.394 e. The van der Waals surface area contributed by atoms with Crippen LogP contribution >= 0.6 is 0 Å². The van der Waals surface area contributed by atoms with Crippen molar-refractivity contribution in [2.75, 3.05) is 13.2 Å². The van der Waals surface area contributed by atoms with Crippen molar-refractivity contribution in [2.45, 2.75) is 64.1 Å². The van der Waals surface area contributed by atoms with Crippen molar-refractivity contribution < 1.29 is 19.4 Å². The summed E-state index contributed by atoms with van der Waals surface area (Å²) in [5, 5.41) is 30.9. The summed E-state index contributed by atoms with van der Waals surface area (Å²) in [6.45, 7) is 6.08. The molecule has 4 atom stereocenters. The SMILES string of the molecule is CC(C)(C)CC1CC(c2cccc(F)c2)C(C(=O)NCC[C@H](O)CO)N1C#N. The molecule has 7 heteroatoms. The smallest absolute Gasteiger partial charge is 0.244 e. The van der Waals surface area contributed by atoms with E-state index in [9.17, 15) is 19.6 Å². The van der Waals surface area contributed by atoms with Crippen LogP contribution in [0.5, 0.6) is 0 Å². The molecule has 28 heavy (non-hydrogen) atoms. The summed E-state index contributed by atoms with van der Waals surface area (Å²) in [6, 6.07) is 5.35. The van der Waals surface area contributed by atoms with E-state index in [-0.39, 0.29) is 48.7 Å². The molecule has 0 radical (unpaired) electrons. The van der Waals surface area contributed by atoms with E-state index in [1.165, 1.54) is 12.1 Å². The summed E-state index contributed by atoms with van der Waals surface area (Å²) in [4.78, 5) is 14.5. The Morgan fingerprint density at radius 2 is 2.18 bits per heavy atom. The molecule has 0 bridgehead atoms. The van der Waals surface area contributed by atoms with Gasteiger partial charge in [0.15, 0.2) is 6.19 Å². The number of hydrogen-bond donors (Lipinski definition) is 3. The molecule has 0 spiro atoms. The second-order valence-electron chi connectivity index (χ2n) is 8.68. The van der Waals surface area contributed by atoms with Gasteiger partial charge in [0.1, 0.15) is 11.9 Å². The van der Waals surface area contributed by atoms with E-state index < -0.39 is 12.1 Å². The summed E-state index contributed by atoms with van der Waals surface area (Å²) in [5.41, 5.74) is 0.676. The average molecular weight is 391 g/mol. The zero-order valence-corrected chi connectivity index (χ0v) is 16.7. The number of aliphatic hydroxyl groups is 2. The lowest BCUT2D eigenvalue weighted by Gasteiger charge is -2.29. The lowest BCUT2D eigenvalue weighted by atomic mass is 9.84. The van der Waals surface area contributed by atoms with Crippen LogP contribution in [0.2, 0.25) is 0 Å². The Hall–Kier alpha value is -2.17. The van der Waals surface area contributed by atoms with Crippen molar-refractivity contribution >= 4 is 5.91 Å². The molecular weight excluding hydrogens is 361 g/mol. The molecule has 1 aromatic carbocycles. The minimum absolute atomic E-state index is 0.0249. The first-order chi connectivity index (χ1) is 13.2. The molecule has 1 aliphatic rings. The van der Waals surface area contributed by atoms with Crippen LogP contribution in [0.3, 0.4) is 0 Å². The number of nitriles is 1. The molecule has 3 N–H and O–H groups in total. The van der Waals surface area contributed by atoms with E-state index in [4.69, 9.17) is 5.11 Å². The number of nitrogens with one attached hydrogen (secondary N) is 1. The van der Waals surface area contributed by atoms with Crippen LogP contribution in [0.25, 0.3) is 0 Å². The maximum atomic E-state index is 13.8. The molecule has 1 amide bonds. The van der Waals surface area contributed by atoms with Crippen molar-refractivity contribution in [3.8, 4) is 6.19 Å². The zero-order valence-electron chi connectivity index (χ0n) is 16.7. The normalized spacial score (nSPS) is 23.3. The average Bonchev–Trinajstić information content (AvgIpc) is 2.97. The lowest BCUT2D eigenvalue weighted by molar-refractivity contribution is -0.125. The van der Waals surface area contributed by atoms with Crippen LogP contribution in [-0.4, -0.2) is 52.4 Å². The third-order valence-corrected chi connectivity index (χ3v) is 5.10. The van der Waals surface area contributed by atoms with Gasteiger partial charge in [0.05, 0.1) is 12.7 Å². The van der Waals surface area contributed by atoms with Crippen LogP contribution in [0.1, 0.15) is 51.5 Å². The third kappa shape index (κ3) is 5.66. The highest BCUT2D eigenvalue weighted by molar-refractivity contribution is 5.83. The number of benzene rings is 1. The van der Waals surface area contributed by atoms with E-state index >= 15 is 0 Å². The Balaban J connectivity index is 2.26. The molecule has 3 unspecified atom stereocenters. The molecule has 1 aromatic rings. The number of aliphatic hydroxyl groups excluding tert-OH is 2. The van der Waals surface area contributed by atoms with Crippen molar-refractivity contribution in [2.24, 2.45) is 5.41 Å². The fourth-order valence-corrected chi connectivity index (χ4v) is 3.91. The van der Waals surface area contributed by atoms with Gasteiger partial charge in [0, 0.05) is 18.5 Å². The molecule has 1 saturated heterocycles. The van der Waals surface area contributed by atoms with E-state index in [1.54, 1.807) is 17.0 Å². The van der Waals surface area contributed by atoms with Gasteiger partial charge in [-0.2, -0.15) is 5.26 Å². The standard InChI is InChI=1S/C21H30FN3O3/c1-21(2,3)11-16-10-18(14-5-4-6-15(22)9-14)19(25(16)13-23)20(28)24-8-7-17(27)12-26/h4-6,9,16-19,26-27H,7-8,10-12H2,1-3H3,(H,24,28)/t16?,17-,18?,19?/m0/s1. The van der Waals surface area contributed by atoms with Gasteiger partial charge < -0.3 is 15.5 Å². The van der Waals surface area contributed by atoms with E-state index in [2.05, 4.69) is 32.3 Å². The predicted molar refractivity (Wildman–Crippen MR) is 104 cm³/mol. The first-order valence-corrected chi connectivity index (χ1v) is 9.66. The van der Waals surface area contributed by atoms with Crippen molar-refractivity contribution in [3.05, 3.63) is 35.6 Å². The minimum Gasteiger partial charge on any atom is -0.394 e. The zero-order chi connectivity index (χ0) is 20.9. The molecule has 0 aliphatic carbocycles. The van der Waals surface area contributed by atoms with Crippen molar-refractivity contribution in [1.82, 2.24) is 10.2 Å². The van der Waals surface area contributed by atoms with Crippen LogP contribution in [0, 0.1) is 22.7 Å². The van der Waals surface area contributed by atoms with Crippen molar-refractivity contribution in [1.29, 1.82) is 5.26 Å². The van der Waals surface area contributed by atoms with Crippen LogP contribution in [0.4, 0.5) is 4.39 Å². The van der Waals surface area contributed by atoms with Gasteiger partial charge in [-0.3, -0.25) is 9.69 Å². The summed E-state index contributed by atoms with van der Waals surface area (Å²) in [6.07, 6.45) is 2.83. The Kier molecular flexibility index (Phi) is 7.39. The van der Waals surface area contributed by atoms with Gasteiger partial charge in [-0.15, -0.1) is 0 Å². The van der Waals surface area contributed by atoms with Crippen LogP contribution in [-0.2, 0) is 4.79 Å². The van der Waals surface area contributed by atoms with Gasteiger partial charge in [-0.1, -0.05) is 32.9 Å². The summed E-state index contributed by atoms with van der Waals surface area (Å²) < 4.78 is 13.8. The highest BCUT2D eigenvalue weighted by atomic mass is 19.1. The molecule has 1 fully saturated rings. The van der Waals surface area contributed by atoms with E-state index in [0.717, 1.165) is 6.42 Å². The number of rotatable bonds is 7. The second kappa shape index (κ2) is 9.35. The summed E-state index contributed by atoms with van der Waals surface area (Å²) in [7, 11) is 0. The van der Waals surface area contributed by atoms with Gasteiger partial charge in [0.2, 0.25) is 5.91 Å². The van der Waals surface area contributed by atoms with Gasteiger partial charge >= 0.3 is 0 Å². The number of amides is 1. The van der Waals surface area contributed by atoms with Gasteiger partial charge in [0.25, 0.3) is 0 Å². The summed E-state index contributed by atoms with van der Waals surface area (Å²) in [5.74, 6) is -0.992. The fourth-order valence-electron chi connectivity index (χ4n) is 3.91. The predicted octanol–water partition coefficient (Wildman–Crippen LogP) is 2.13. The Morgan fingerprint density at radius 3 is 2.75 bits per heavy atom. The fraction of sp³-hybridized carbons (Fsp3) is 0.619. The molecular formula is C21H30FN3O3. The number of carbonyl (C=O) groups excluding carboxylic acids is 1. The second-order valence-corrected chi connectivity index (χ2v) is 8.68. The van der Waals surface area contributed by atoms with Crippen LogP contribution < -0.4 is 5.32 Å². The number of likely N-dealkylation sites (tertiary alicyclic amines) is 1. The first-order valence-electron chi connectivity index (χ1n) is 9.66. The molecule has 154 valence electrons. The Labute approximate surface area is 166 Å². The first kappa shape index (κ1) is 22.1. The maximum Gasteiger partial charge on any atom is 0.244 e. The van der Waals surface area contributed by atoms with Gasteiger partial charge in [-0.25, -0.2) is 4.39 Å². The highest BCUT2D eigenvalue weighted by Gasteiger charge is 2.46. The molecule has 0 aromatic heterocycles. The highest BCUT2D eigenvalue weighted by Crippen LogP contribution is 2.41. The van der Waals surface area contributed by atoms with E-state index in [1.807, 2.05) is 0 Å². The Morgan fingerprint density at radius 1 is 1.46 bits per heavy atom. The topological polar surface area (TPSA) is 96.6 Å². The molecule has 6 nitrogen and oxygen atoms in total. The quantitative estimate of drug-likeness (QED) is 0.619. The Bertz CT molecular complexity index is 714. The molecule has 0 saturated carbocycles. The molecule has 1 aliphatic heterocycles. The molecule has 2 rings (SSSR count).